The number of benzene rings is 1. The fourth-order valence-corrected chi connectivity index (χ4v) is 2.79. The minimum absolute atomic E-state index is 0.0269. The fraction of sp³-hybridized carbons (Fsp3) is 0.389. The van der Waals surface area contributed by atoms with Gasteiger partial charge in [0.25, 0.3) is 0 Å². The number of halogens is 1. The second-order valence-corrected chi connectivity index (χ2v) is 6.78. The van der Waals surface area contributed by atoms with Gasteiger partial charge in [0.1, 0.15) is 5.82 Å². The van der Waals surface area contributed by atoms with Gasteiger partial charge in [-0.3, -0.25) is 4.79 Å². The highest BCUT2D eigenvalue weighted by Crippen LogP contribution is 2.38. The summed E-state index contributed by atoms with van der Waals surface area (Å²) in [6, 6.07) is 7.41. The molecule has 1 aliphatic carbocycles. The van der Waals surface area contributed by atoms with Crippen molar-refractivity contribution in [3.05, 3.63) is 52.1 Å². The third-order valence-corrected chi connectivity index (χ3v) is 4.51. The normalized spacial score (nSPS) is 14.8. The third-order valence-electron chi connectivity index (χ3n) is 4.26. The molecule has 24 heavy (non-hydrogen) atoms. The van der Waals surface area contributed by atoms with Gasteiger partial charge >= 0.3 is 0 Å². The molecular formula is C18H21ClN4O. The first-order chi connectivity index (χ1) is 11.5. The van der Waals surface area contributed by atoms with Crippen LogP contribution in [0, 0.1) is 0 Å². The standard InChI is InChI=1S/C18H21ClN4O/c1-12(10-13-4-8-15(19)9-5-13)18(24)22(2)11-16-20-21-17(23(16)3)14-6-7-14/h4-5,8-10,14H,6-7,11H2,1-3H3. The molecule has 1 aliphatic rings. The number of carbonyl (C=O) groups excluding carboxylic acids is 1. The predicted molar refractivity (Wildman–Crippen MR) is 94.6 cm³/mol. The topological polar surface area (TPSA) is 51.0 Å². The van der Waals surface area contributed by atoms with Crippen molar-refractivity contribution in [1.82, 2.24) is 19.7 Å². The Morgan fingerprint density at radius 2 is 2.00 bits per heavy atom. The summed E-state index contributed by atoms with van der Waals surface area (Å²) in [6.45, 7) is 2.26. The summed E-state index contributed by atoms with van der Waals surface area (Å²) >= 11 is 5.88. The predicted octanol–water partition coefficient (Wildman–Crippen LogP) is 3.41. The minimum atomic E-state index is -0.0269. The largest absolute Gasteiger partial charge is 0.334 e. The summed E-state index contributed by atoms with van der Waals surface area (Å²) in [4.78, 5) is 14.2. The molecule has 126 valence electrons. The lowest BCUT2D eigenvalue weighted by molar-refractivity contribution is -0.126. The molecular weight excluding hydrogens is 324 g/mol. The Hall–Kier alpha value is -2.14. The zero-order chi connectivity index (χ0) is 17.3. The Kier molecular flexibility index (Phi) is 4.71. The molecule has 1 amide bonds. The minimum Gasteiger partial charge on any atom is -0.334 e. The van der Waals surface area contributed by atoms with Crippen LogP contribution in [-0.4, -0.2) is 32.6 Å². The molecule has 1 heterocycles. The van der Waals surface area contributed by atoms with E-state index in [0.29, 0.717) is 23.1 Å². The van der Waals surface area contributed by atoms with Gasteiger partial charge < -0.3 is 9.47 Å². The van der Waals surface area contributed by atoms with Crippen LogP contribution >= 0.6 is 11.6 Å². The Morgan fingerprint density at radius 3 is 2.62 bits per heavy atom. The van der Waals surface area contributed by atoms with E-state index in [-0.39, 0.29) is 5.91 Å². The molecule has 0 spiro atoms. The Bertz CT molecular complexity index is 775. The molecule has 0 aliphatic heterocycles. The van der Waals surface area contributed by atoms with Gasteiger partial charge in [0.15, 0.2) is 5.82 Å². The van der Waals surface area contributed by atoms with Gasteiger partial charge in [-0.1, -0.05) is 23.7 Å². The maximum atomic E-state index is 12.6. The highest BCUT2D eigenvalue weighted by molar-refractivity contribution is 6.30. The van der Waals surface area contributed by atoms with Crippen LogP contribution in [0.3, 0.4) is 0 Å². The molecule has 0 saturated heterocycles. The molecule has 1 fully saturated rings. The SMILES string of the molecule is CC(=Cc1ccc(Cl)cc1)C(=O)N(C)Cc1nnc(C2CC2)n1C. The number of carbonyl (C=O) groups is 1. The molecule has 0 atom stereocenters. The van der Waals surface area contributed by atoms with Crippen molar-refractivity contribution in [3.63, 3.8) is 0 Å². The van der Waals surface area contributed by atoms with Gasteiger partial charge in [0, 0.05) is 30.6 Å². The Balaban J connectivity index is 1.68. The van der Waals surface area contributed by atoms with Gasteiger partial charge in [-0.15, -0.1) is 10.2 Å². The lowest BCUT2D eigenvalue weighted by Gasteiger charge is -2.17. The van der Waals surface area contributed by atoms with E-state index >= 15 is 0 Å². The average molecular weight is 345 g/mol. The highest BCUT2D eigenvalue weighted by atomic mass is 35.5. The van der Waals surface area contributed by atoms with Crippen LogP contribution in [0.25, 0.3) is 6.08 Å². The van der Waals surface area contributed by atoms with Crippen LogP contribution in [0.15, 0.2) is 29.8 Å². The van der Waals surface area contributed by atoms with Gasteiger partial charge in [0.05, 0.1) is 6.54 Å². The molecule has 5 nitrogen and oxygen atoms in total. The molecule has 1 saturated carbocycles. The van der Waals surface area contributed by atoms with Crippen molar-refractivity contribution in [3.8, 4) is 0 Å². The van der Waals surface area contributed by atoms with E-state index in [1.165, 1.54) is 12.8 Å². The summed E-state index contributed by atoms with van der Waals surface area (Å²) in [6.07, 6.45) is 4.23. The van der Waals surface area contributed by atoms with E-state index < -0.39 is 0 Å². The lowest BCUT2D eigenvalue weighted by atomic mass is 10.1. The summed E-state index contributed by atoms with van der Waals surface area (Å²) in [7, 11) is 3.75. The summed E-state index contributed by atoms with van der Waals surface area (Å²) in [5, 5.41) is 9.18. The van der Waals surface area contributed by atoms with Crippen LogP contribution in [-0.2, 0) is 18.4 Å². The molecule has 0 bridgehead atoms. The molecule has 1 aromatic carbocycles. The van der Waals surface area contributed by atoms with Crippen molar-refractivity contribution >= 4 is 23.6 Å². The van der Waals surface area contributed by atoms with Gasteiger partial charge in [0.2, 0.25) is 5.91 Å². The number of hydrogen-bond acceptors (Lipinski definition) is 3. The molecule has 1 aromatic heterocycles. The maximum Gasteiger partial charge on any atom is 0.249 e. The number of rotatable bonds is 5. The van der Waals surface area contributed by atoms with E-state index in [0.717, 1.165) is 17.2 Å². The van der Waals surface area contributed by atoms with Crippen LogP contribution in [0.4, 0.5) is 0 Å². The van der Waals surface area contributed by atoms with Crippen LogP contribution in [0.5, 0.6) is 0 Å². The zero-order valence-corrected chi connectivity index (χ0v) is 14.9. The second-order valence-electron chi connectivity index (χ2n) is 6.35. The van der Waals surface area contributed by atoms with Gasteiger partial charge in [-0.25, -0.2) is 0 Å². The van der Waals surface area contributed by atoms with E-state index in [9.17, 15) is 4.79 Å². The maximum absolute atomic E-state index is 12.6. The number of likely N-dealkylation sites (N-methyl/N-ethyl adjacent to an activating group) is 1. The van der Waals surface area contributed by atoms with Crippen LogP contribution < -0.4 is 0 Å². The molecule has 0 radical (unpaired) electrons. The Morgan fingerprint density at radius 1 is 1.33 bits per heavy atom. The van der Waals surface area contributed by atoms with Crippen molar-refractivity contribution in [2.24, 2.45) is 7.05 Å². The smallest absolute Gasteiger partial charge is 0.249 e. The van der Waals surface area contributed by atoms with E-state index in [1.807, 2.05) is 48.9 Å². The highest BCUT2D eigenvalue weighted by Gasteiger charge is 2.29. The summed E-state index contributed by atoms with van der Waals surface area (Å²) in [5.41, 5.74) is 1.62. The molecule has 3 rings (SSSR count). The van der Waals surface area contributed by atoms with E-state index in [1.54, 1.807) is 11.9 Å². The van der Waals surface area contributed by atoms with Crippen molar-refractivity contribution < 1.29 is 4.79 Å². The summed E-state index contributed by atoms with van der Waals surface area (Å²) < 4.78 is 2.01. The molecule has 2 aromatic rings. The first-order valence-corrected chi connectivity index (χ1v) is 8.41. The van der Waals surface area contributed by atoms with Crippen LogP contribution in [0.1, 0.15) is 42.9 Å². The number of amides is 1. The van der Waals surface area contributed by atoms with E-state index in [2.05, 4.69) is 10.2 Å². The van der Waals surface area contributed by atoms with Crippen molar-refractivity contribution in [2.45, 2.75) is 32.2 Å². The Labute approximate surface area is 146 Å². The van der Waals surface area contributed by atoms with Crippen molar-refractivity contribution in [2.75, 3.05) is 7.05 Å². The summed E-state index contributed by atoms with van der Waals surface area (Å²) in [5.74, 6) is 2.36. The average Bonchev–Trinajstić information content (AvgIpc) is 3.34. The fourth-order valence-electron chi connectivity index (χ4n) is 2.67. The van der Waals surface area contributed by atoms with Gasteiger partial charge in [-0.05, 0) is 43.5 Å². The number of hydrogen-bond donors (Lipinski definition) is 0. The molecule has 6 heteroatoms. The second kappa shape index (κ2) is 6.77. The molecule has 0 N–H and O–H groups in total. The first kappa shape index (κ1) is 16.7. The molecule has 0 unspecified atom stereocenters. The first-order valence-electron chi connectivity index (χ1n) is 8.03. The third kappa shape index (κ3) is 3.67. The zero-order valence-electron chi connectivity index (χ0n) is 14.2. The number of aromatic nitrogens is 3. The lowest BCUT2D eigenvalue weighted by Crippen LogP contribution is -2.28. The monoisotopic (exact) mass is 344 g/mol. The van der Waals surface area contributed by atoms with Crippen LogP contribution in [0.2, 0.25) is 5.02 Å². The number of nitrogens with zero attached hydrogens (tertiary/aromatic N) is 4. The van der Waals surface area contributed by atoms with Gasteiger partial charge in [-0.2, -0.15) is 0 Å². The quantitative estimate of drug-likeness (QED) is 0.781. The van der Waals surface area contributed by atoms with Crippen molar-refractivity contribution in [1.29, 1.82) is 0 Å². The van der Waals surface area contributed by atoms with E-state index in [4.69, 9.17) is 11.6 Å².